The fraction of sp³-hybridized carbons (Fsp3) is 0.889. The van der Waals surface area contributed by atoms with E-state index in [4.69, 9.17) is 24.5 Å². The van der Waals surface area contributed by atoms with Gasteiger partial charge in [-0.3, -0.25) is 14.4 Å². The van der Waals surface area contributed by atoms with Crippen LogP contribution in [0.25, 0.3) is 0 Å². The molecular formula is C27H59NaO8S2Si. The first kappa shape index (κ1) is 52.2. The molecule has 2 atom stereocenters. The molecule has 0 aliphatic heterocycles. The van der Waals surface area contributed by atoms with Crippen molar-refractivity contribution in [3.63, 3.8) is 0 Å². The number of carbonyl (C=O) groups is 3. The van der Waals surface area contributed by atoms with Gasteiger partial charge in [0.25, 0.3) is 0 Å². The van der Waals surface area contributed by atoms with Gasteiger partial charge in [0.05, 0.1) is 0 Å². The van der Waals surface area contributed by atoms with Gasteiger partial charge in [-0.1, -0.05) is 34.1 Å². The number of hydrogen-bond acceptors (Lipinski definition) is 8. The first-order chi connectivity index (χ1) is 16.5. The van der Waals surface area contributed by atoms with Gasteiger partial charge in [0.15, 0.2) is 14.1 Å². The Bertz CT molecular complexity index is 624. The van der Waals surface area contributed by atoms with Crippen molar-refractivity contribution in [2.75, 3.05) is 27.4 Å². The summed E-state index contributed by atoms with van der Waals surface area (Å²) in [7, 11) is 0.144. The third-order valence-corrected chi connectivity index (χ3v) is 10.8. The zero-order valence-corrected chi connectivity index (χ0v) is 31.9. The molecule has 232 valence electrons. The Morgan fingerprint density at radius 1 is 1.08 bits per heavy atom. The van der Waals surface area contributed by atoms with Crippen molar-refractivity contribution in [2.24, 2.45) is 11.8 Å². The number of ketones is 2. The zero-order chi connectivity index (χ0) is 29.2. The van der Waals surface area contributed by atoms with Gasteiger partial charge in [0.1, 0.15) is 18.0 Å². The van der Waals surface area contributed by atoms with Crippen LogP contribution in [-0.2, 0) is 23.5 Å². The van der Waals surface area contributed by atoms with E-state index in [1.807, 2.05) is 27.7 Å². The van der Waals surface area contributed by atoms with Crippen LogP contribution in [-0.4, -0.2) is 69.1 Å². The quantitative estimate of drug-likeness (QED) is 0.274. The third kappa shape index (κ3) is 28.5. The van der Waals surface area contributed by atoms with E-state index in [0.29, 0.717) is 31.0 Å². The van der Waals surface area contributed by atoms with Gasteiger partial charge in [-0.15, -0.1) is 0 Å². The van der Waals surface area contributed by atoms with Gasteiger partial charge in [0.2, 0.25) is 0 Å². The molecule has 0 aromatic heterocycles. The van der Waals surface area contributed by atoms with Gasteiger partial charge >= 0.3 is 35.5 Å². The standard InChI is InChI=1S/C13H24O4.C12H24O2Si.CH4O.CH3O.Na.2H2S/c1-5-10(6-7-11(15)9-14)8-12(16)17-13(2,3)4;1-12(2,3)15(4,5)14-9-10-6-7-11(13)8-10;2*1-2;;;/h10,14H,5-9H2,1-4H3;10H,6-9H2,1-5H3;2H,1H3;1H3;;2*1H2/q;;;-1;+1;;/t10-;;;;;;/m1....../s1. The van der Waals surface area contributed by atoms with E-state index in [2.05, 4.69) is 33.9 Å². The van der Waals surface area contributed by atoms with Crippen molar-refractivity contribution >= 4 is 52.8 Å². The average molecular weight is 627 g/mol. The van der Waals surface area contributed by atoms with E-state index < -0.39 is 20.5 Å². The zero-order valence-electron chi connectivity index (χ0n) is 26.9. The van der Waals surface area contributed by atoms with Crippen LogP contribution < -0.4 is 34.7 Å². The number of rotatable bonds is 10. The van der Waals surface area contributed by atoms with Crippen LogP contribution in [0.4, 0.5) is 0 Å². The number of aliphatic hydroxyl groups is 2. The topological polar surface area (TPSA) is 133 Å². The van der Waals surface area contributed by atoms with E-state index in [-0.39, 0.29) is 79.3 Å². The molecule has 0 radical (unpaired) electrons. The van der Waals surface area contributed by atoms with Gasteiger partial charge in [-0.25, -0.2) is 0 Å². The van der Waals surface area contributed by atoms with E-state index in [1.165, 1.54) is 0 Å². The average Bonchev–Trinajstić information content (AvgIpc) is 3.21. The molecule has 2 N–H and O–H groups in total. The summed E-state index contributed by atoms with van der Waals surface area (Å²) in [5, 5.41) is 24.1. The maximum atomic E-state index is 11.6. The third-order valence-electron chi connectivity index (χ3n) is 6.29. The Morgan fingerprint density at radius 3 is 1.90 bits per heavy atom. The normalized spacial score (nSPS) is 15.1. The molecule has 0 amide bonds. The first-order valence-corrected chi connectivity index (χ1v) is 15.8. The van der Waals surface area contributed by atoms with Crippen LogP contribution in [0.2, 0.25) is 18.1 Å². The predicted octanol–water partition coefficient (Wildman–Crippen LogP) is 1.28. The van der Waals surface area contributed by atoms with Crippen molar-refractivity contribution in [1.82, 2.24) is 0 Å². The van der Waals surface area contributed by atoms with Crippen molar-refractivity contribution < 1.29 is 68.4 Å². The summed E-state index contributed by atoms with van der Waals surface area (Å²) in [4.78, 5) is 33.7. The molecule has 0 bridgehead atoms. The van der Waals surface area contributed by atoms with E-state index in [1.54, 1.807) is 0 Å². The van der Waals surface area contributed by atoms with Gasteiger partial charge < -0.3 is 24.5 Å². The van der Waals surface area contributed by atoms with Gasteiger partial charge in [0, 0.05) is 39.4 Å². The molecule has 1 fully saturated rings. The van der Waals surface area contributed by atoms with Gasteiger partial charge in [-0.05, 0) is 63.6 Å². The fourth-order valence-corrected chi connectivity index (χ4v) is 4.18. The Kier molecular flexibility index (Phi) is 36.7. The second-order valence-corrected chi connectivity index (χ2v) is 16.3. The summed E-state index contributed by atoms with van der Waals surface area (Å²) in [6, 6.07) is 0. The smallest absolute Gasteiger partial charge is 0.857 e. The summed E-state index contributed by atoms with van der Waals surface area (Å²) < 4.78 is 11.3. The fourth-order valence-electron chi connectivity index (χ4n) is 3.09. The Morgan fingerprint density at radius 2 is 1.56 bits per heavy atom. The Hall–Kier alpha value is 0.567. The monoisotopic (exact) mass is 626 g/mol. The number of Topliss-reactive ketones (excluding diaryl/α,β-unsaturated/α-hetero) is 2. The minimum Gasteiger partial charge on any atom is -0.857 e. The molecular weight excluding hydrogens is 567 g/mol. The predicted molar refractivity (Wildman–Crippen MR) is 166 cm³/mol. The van der Waals surface area contributed by atoms with Crippen LogP contribution in [0.15, 0.2) is 0 Å². The molecule has 8 nitrogen and oxygen atoms in total. The SMILES string of the molecule is CC(C)(C)[Si](C)(C)OCC1CCC(=O)C1.CC[C@H](CCC(=O)CO)CC(=O)OC(C)(C)C.CO.C[O-].S.S.[Na+]. The minimum absolute atomic E-state index is 0. The second-order valence-electron chi connectivity index (χ2n) is 11.5. The molecule has 1 rings (SSSR count). The van der Waals surface area contributed by atoms with Crippen LogP contribution in [0.1, 0.15) is 93.4 Å². The van der Waals surface area contributed by atoms with E-state index >= 15 is 0 Å². The molecule has 0 aromatic carbocycles. The summed E-state index contributed by atoms with van der Waals surface area (Å²) in [6.45, 7) is 19.2. The molecule has 0 aromatic rings. The van der Waals surface area contributed by atoms with Crippen LogP contribution in [0.3, 0.4) is 0 Å². The summed E-state index contributed by atoms with van der Waals surface area (Å²) >= 11 is 0. The van der Waals surface area contributed by atoms with E-state index in [0.717, 1.165) is 46.5 Å². The number of carbonyl (C=O) groups excluding carboxylic acids is 3. The molecule has 0 heterocycles. The largest absolute Gasteiger partial charge is 1.00 e. The molecule has 12 heteroatoms. The Balaban J connectivity index is -0.000000116. The maximum absolute atomic E-state index is 11.6. The van der Waals surface area contributed by atoms with E-state index in [9.17, 15) is 14.4 Å². The second kappa shape index (κ2) is 27.4. The summed E-state index contributed by atoms with van der Waals surface area (Å²) in [5.74, 6) is 0.666. The Labute approximate surface area is 276 Å². The number of ether oxygens (including phenoxy) is 1. The van der Waals surface area contributed by atoms with Crippen molar-refractivity contribution in [3.8, 4) is 0 Å². The maximum Gasteiger partial charge on any atom is 1.00 e. The van der Waals surface area contributed by atoms with Crippen LogP contribution in [0, 0.1) is 11.8 Å². The van der Waals surface area contributed by atoms with Crippen molar-refractivity contribution in [1.29, 1.82) is 0 Å². The van der Waals surface area contributed by atoms with Crippen molar-refractivity contribution in [3.05, 3.63) is 0 Å². The number of esters is 1. The van der Waals surface area contributed by atoms with Gasteiger partial charge in [-0.2, -0.15) is 34.1 Å². The molecule has 1 aliphatic carbocycles. The molecule has 1 unspecified atom stereocenters. The van der Waals surface area contributed by atoms with Crippen LogP contribution in [0.5, 0.6) is 0 Å². The molecule has 1 aliphatic rings. The minimum atomic E-state index is -1.61. The summed E-state index contributed by atoms with van der Waals surface area (Å²) in [5.41, 5.74) is -0.462. The number of hydrogen-bond donors (Lipinski definition) is 2. The van der Waals surface area contributed by atoms with Crippen LogP contribution >= 0.6 is 27.0 Å². The van der Waals surface area contributed by atoms with Crippen molar-refractivity contribution in [2.45, 2.75) is 117 Å². The molecule has 39 heavy (non-hydrogen) atoms. The molecule has 0 spiro atoms. The number of aliphatic hydroxyl groups excluding tert-OH is 2. The summed E-state index contributed by atoms with van der Waals surface area (Å²) in [6.07, 6.45) is 4.69. The molecule has 0 saturated heterocycles. The molecule has 1 saturated carbocycles. The first-order valence-electron chi connectivity index (χ1n) is 12.9.